The number of carbonyl (C=O) groups excluding carboxylic acids is 1. The van der Waals surface area contributed by atoms with E-state index in [0.717, 1.165) is 22.9 Å². The molecule has 1 amide bonds. The van der Waals surface area contributed by atoms with Crippen LogP contribution in [0.25, 0.3) is 11.1 Å². The summed E-state index contributed by atoms with van der Waals surface area (Å²) >= 11 is 0. The van der Waals surface area contributed by atoms with Gasteiger partial charge in [-0.25, -0.2) is 13.2 Å². The van der Waals surface area contributed by atoms with E-state index in [0.29, 0.717) is 41.8 Å². The number of hydrogen-bond acceptors (Lipinski definition) is 3. The Bertz CT molecular complexity index is 1530. The largest absolute Gasteiger partial charge is 0.435 e. The predicted molar refractivity (Wildman–Crippen MR) is 134 cm³/mol. The summed E-state index contributed by atoms with van der Waals surface area (Å²) in [6.45, 7) is -0.492. The second-order valence-corrected chi connectivity index (χ2v) is 9.68. The molecule has 5 rings (SSSR count). The van der Waals surface area contributed by atoms with Gasteiger partial charge in [0.05, 0.1) is 11.7 Å². The van der Waals surface area contributed by atoms with Gasteiger partial charge in [-0.05, 0) is 73.6 Å². The molecule has 2 aromatic heterocycles. The van der Waals surface area contributed by atoms with Gasteiger partial charge in [-0.15, -0.1) is 0 Å². The molecule has 4 aromatic rings. The number of hydrogen-bond donors (Lipinski definition) is 1. The highest BCUT2D eigenvalue weighted by Gasteiger charge is 2.39. The van der Waals surface area contributed by atoms with Gasteiger partial charge in [-0.3, -0.25) is 14.5 Å². The van der Waals surface area contributed by atoms with Crippen molar-refractivity contribution in [3.05, 3.63) is 106 Å². The first-order valence-electron chi connectivity index (χ1n) is 12.7. The first kappa shape index (κ1) is 27.4. The van der Waals surface area contributed by atoms with Crippen LogP contribution in [0.3, 0.4) is 0 Å². The molecule has 1 aliphatic carbocycles. The predicted octanol–water partition coefficient (Wildman–Crippen LogP) is 6.36. The van der Waals surface area contributed by atoms with Crippen molar-refractivity contribution in [3.8, 4) is 11.1 Å². The Hall–Kier alpha value is -4.15. The van der Waals surface area contributed by atoms with Gasteiger partial charge in [-0.1, -0.05) is 18.2 Å². The first-order chi connectivity index (χ1) is 19.1. The van der Waals surface area contributed by atoms with Crippen molar-refractivity contribution in [2.24, 2.45) is 0 Å². The summed E-state index contributed by atoms with van der Waals surface area (Å²) in [5.41, 5.74) is 0.940. The highest BCUT2D eigenvalue weighted by atomic mass is 19.4. The second-order valence-electron chi connectivity index (χ2n) is 9.68. The Labute approximate surface area is 225 Å². The van der Waals surface area contributed by atoms with Crippen molar-refractivity contribution < 1.29 is 31.1 Å². The zero-order valence-corrected chi connectivity index (χ0v) is 21.1. The highest BCUT2D eigenvalue weighted by Crippen LogP contribution is 2.36. The molecule has 1 aliphatic rings. The molecule has 0 spiro atoms. The van der Waals surface area contributed by atoms with E-state index in [9.17, 15) is 31.1 Å². The molecule has 0 radical (unpaired) electrons. The molecule has 0 aliphatic heterocycles. The molecule has 1 atom stereocenters. The summed E-state index contributed by atoms with van der Waals surface area (Å²) in [6, 6.07) is 11.0. The molecule has 0 saturated carbocycles. The Kier molecular flexibility index (Phi) is 7.64. The third-order valence-electron chi connectivity index (χ3n) is 6.82. The van der Waals surface area contributed by atoms with Gasteiger partial charge in [-0.2, -0.15) is 18.3 Å². The minimum Gasteiger partial charge on any atom is -0.346 e. The number of nitrogens with one attached hydrogen (secondary N) is 1. The van der Waals surface area contributed by atoms with Gasteiger partial charge in [0.25, 0.3) is 0 Å². The number of nitrogens with zero attached hydrogens (tertiary/aromatic N) is 3. The van der Waals surface area contributed by atoms with Crippen LogP contribution in [0.1, 0.15) is 47.1 Å². The standard InChI is InChI=1S/C29H24F6N4O/c30-19-6-3-5-18(14-19)22-8-4-10-36-27(22)24(13-17-11-20(31)15-21(32)12-17)37-26(40)16-39-25-9-2-1-7-23(25)28(38-39)29(33,34)35/h3-6,8,10-12,14-15,24H,1-2,7,9,13,16H2,(H,37,40)/t24-/m0/s1. The number of pyridine rings is 1. The number of rotatable bonds is 7. The monoisotopic (exact) mass is 558 g/mol. The van der Waals surface area contributed by atoms with Crippen molar-refractivity contribution in [2.75, 3.05) is 0 Å². The highest BCUT2D eigenvalue weighted by molar-refractivity contribution is 5.77. The molecule has 0 unspecified atom stereocenters. The van der Waals surface area contributed by atoms with Gasteiger partial charge < -0.3 is 5.32 Å². The third-order valence-corrected chi connectivity index (χ3v) is 6.82. The number of amides is 1. The molecule has 0 fully saturated rings. The quantitative estimate of drug-likeness (QED) is 0.269. The lowest BCUT2D eigenvalue weighted by Crippen LogP contribution is -2.34. The average Bonchev–Trinajstić information content (AvgIpc) is 3.27. The number of fused-ring (bicyclic) bond motifs is 1. The van der Waals surface area contributed by atoms with E-state index in [1.54, 1.807) is 18.2 Å². The summed E-state index contributed by atoms with van der Waals surface area (Å²) in [5.74, 6) is -2.78. The van der Waals surface area contributed by atoms with E-state index in [-0.39, 0.29) is 24.0 Å². The Balaban J connectivity index is 1.50. The van der Waals surface area contributed by atoms with E-state index >= 15 is 0 Å². The maximum atomic E-state index is 14.0. The van der Waals surface area contributed by atoms with Gasteiger partial charge in [0, 0.05) is 29.1 Å². The summed E-state index contributed by atoms with van der Waals surface area (Å²) in [4.78, 5) is 17.7. The lowest BCUT2D eigenvalue weighted by Gasteiger charge is -2.22. The average molecular weight is 559 g/mol. The molecule has 0 saturated heterocycles. The Morgan fingerprint density at radius 1 is 0.950 bits per heavy atom. The van der Waals surface area contributed by atoms with Gasteiger partial charge in [0.2, 0.25) is 5.91 Å². The molecule has 2 aromatic carbocycles. The molecule has 11 heteroatoms. The summed E-state index contributed by atoms with van der Waals surface area (Å²) in [7, 11) is 0. The maximum absolute atomic E-state index is 14.0. The zero-order chi connectivity index (χ0) is 28.4. The molecule has 5 nitrogen and oxygen atoms in total. The van der Waals surface area contributed by atoms with Crippen LogP contribution in [0, 0.1) is 17.5 Å². The van der Waals surface area contributed by atoms with Crippen LogP contribution >= 0.6 is 0 Å². The molecule has 1 N–H and O–H groups in total. The molecule has 208 valence electrons. The van der Waals surface area contributed by atoms with Crippen LogP contribution in [0.4, 0.5) is 26.3 Å². The molecular weight excluding hydrogens is 534 g/mol. The zero-order valence-electron chi connectivity index (χ0n) is 21.1. The summed E-state index contributed by atoms with van der Waals surface area (Å²) in [5, 5.41) is 6.51. The van der Waals surface area contributed by atoms with Gasteiger partial charge in [0.1, 0.15) is 24.0 Å². The van der Waals surface area contributed by atoms with E-state index in [4.69, 9.17) is 0 Å². The van der Waals surface area contributed by atoms with Crippen LogP contribution in [0.5, 0.6) is 0 Å². The number of benzene rings is 2. The van der Waals surface area contributed by atoms with Crippen LogP contribution in [0.2, 0.25) is 0 Å². The van der Waals surface area contributed by atoms with Crippen LogP contribution in [0.15, 0.2) is 60.8 Å². The number of halogens is 6. The van der Waals surface area contributed by atoms with Gasteiger partial charge >= 0.3 is 6.18 Å². The summed E-state index contributed by atoms with van der Waals surface area (Å²) < 4.78 is 84.0. The third kappa shape index (κ3) is 6.03. The first-order valence-corrected chi connectivity index (χ1v) is 12.7. The minimum absolute atomic E-state index is 0.0925. The normalized spacial score (nSPS) is 14.1. The maximum Gasteiger partial charge on any atom is 0.435 e. The number of aromatic nitrogens is 3. The number of carbonyl (C=O) groups is 1. The molecular formula is C29H24F6N4O. The second kappa shape index (κ2) is 11.1. The van der Waals surface area contributed by atoms with Crippen LogP contribution in [-0.2, 0) is 36.8 Å². The fourth-order valence-electron chi connectivity index (χ4n) is 5.18. The smallest absolute Gasteiger partial charge is 0.346 e. The van der Waals surface area contributed by atoms with Crippen LogP contribution in [-0.4, -0.2) is 20.7 Å². The lowest BCUT2D eigenvalue weighted by molar-refractivity contribution is -0.142. The lowest BCUT2D eigenvalue weighted by atomic mass is 9.95. The van der Waals surface area contributed by atoms with Crippen molar-refractivity contribution in [2.45, 2.75) is 50.9 Å². The Morgan fingerprint density at radius 3 is 2.42 bits per heavy atom. The fraction of sp³-hybridized carbons (Fsp3) is 0.276. The molecule has 0 bridgehead atoms. The SMILES string of the molecule is O=C(Cn1nc(C(F)(F)F)c2c1CCCC2)N[C@@H](Cc1cc(F)cc(F)c1)c1ncccc1-c1cccc(F)c1. The number of alkyl halides is 3. The topological polar surface area (TPSA) is 59.8 Å². The van der Waals surface area contributed by atoms with E-state index < -0.39 is 47.8 Å². The van der Waals surface area contributed by atoms with Crippen molar-refractivity contribution >= 4 is 5.91 Å². The summed E-state index contributed by atoms with van der Waals surface area (Å²) in [6.07, 6.45) is -1.42. The van der Waals surface area contributed by atoms with Crippen molar-refractivity contribution in [1.29, 1.82) is 0 Å². The molecule has 2 heterocycles. The fourth-order valence-corrected chi connectivity index (χ4v) is 5.18. The van der Waals surface area contributed by atoms with E-state index in [1.807, 2.05) is 0 Å². The molecule has 40 heavy (non-hydrogen) atoms. The van der Waals surface area contributed by atoms with Crippen molar-refractivity contribution in [1.82, 2.24) is 20.1 Å². The van der Waals surface area contributed by atoms with Gasteiger partial charge in [0.15, 0.2) is 5.69 Å². The van der Waals surface area contributed by atoms with E-state index in [2.05, 4.69) is 15.4 Å². The van der Waals surface area contributed by atoms with E-state index in [1.165, 1.54) is 24.4 Å². The van der Waals surface area contributed by atoms with Crippen LogP contribution < -0.4 is 5.32 Å². The Morgan fingerprint density at radius 2 is 1.70 bits per heavy atom. The minimum atomic E-state index is -4.65. The van der Waals surface area contributed by atoms with Crippen molar-refractivity contribution in [3.63, 3.8) is 0 Å².